The van der Waals surface area contributed by atoms with E-state index in [1.807, 2.05) is 26.8 Å². The van der Waals surface area contributed by atoms with Gasteiger partial charge in [0.05, 0.1) is 6.26 Å². The molecule has 0 N–H and O–H groups in total. The van der Waals surface area contributed by atoms with E-state index in [1.165, 1.54) is 6.20 Å². The number of allylic oxidation sites excluding steroid dienone is 2. The van der Waals surface area contributed by atoms with E-state index in [-0.39, 0.29) is 0 Å². The average Bonchev–Trinajstić information content (AvgIpc) is 2.56. The van der Waals surface area contributed by atoms with E-state index in [2.05, 4.69) is 11.6 Å². The third-order valence-electron chi connectivity index (χ3n) is 1.17. The summed E-state index contributed by atoms with van der Waals surface area (Å²) >= 11 is 0. The Hall–Kier alpha value is -1.31. The highest BCUT2D eigenvalue weighted by Gasteiger charge is 2.07. The highest BCUT2D eigenvalue weighted by atomic mass is 16.5. The van der Waals surface area contributed by atoms with Crippen LogP contribution in [0.3, 0.4) is 0 Å². The fourth-order valence-corrected chi connectivity index (χ4v) is 0.735. The largest absolute Gasteiger partial charge is 0.463 e. The van der Waals surface area contributed by atoms with Crippen molar-refractivity contribution in [2.45, 2.75) is 20.8 Å². The van der Waals surface area contributed by atoms with Crippen LogP contribution < -0.4 is 0 Å². The maximum Gasteiger partial charge on any atom is 0.147 e. The van der Waals surface area contributed by atoms with Gasteiger partial charge in [-0.3, -0.25) is 4.99 Å². The minimum absolute atomic E-state index is 0.792. The SMILES string of the molecule is C=CN=C1C=CO/C1=C/C.CC. The van der Waals surface area contributed by atoms with Gasteiger partial charge in [-0.05, 0) is 13.0 Å². The highest BCUT2D eigenvalue weighted by Crippen LogP contribution is 2.10. The maximum atomic E-state index is 5.07. The molecule has 66 valence electrons. The van der Waals surface area contributed by atoms with Crippen molar-refractivity contribution >= 4 is 5.71 Å². The zero-order valence-corrected chi connectivity index (χ0v) is 7.87. The zero-order chi connectivity index (χ0) is 9.40. The fraction of sp³-hybridized carbons (Fsp3) is 0.300. The van der Waals surface area contributed by atoms with Crippen LogP contribution in [0.4, 0.5) is 0 Å². The van der Waals surface area contributed by atoms with Gasteiger partial charge in [-0.15, -0.1) is 0 Å². The van der Waals surface area contributed by atoms with Gasteiger partial charge in [0.25, 0.3) is 0 Å². The molecule has 0 aromatic rings. The molecule has 0 bridgehead atoms. The summed E-state index contributed by atoms with van der Waals surface area (Å²) in [7, 11) is 0. The molecule has 0 spiro atoms. The van der Waals surface area contributed by atoms with Gasteiger partial charge in [0, 0.05) is 12.3 Å². The molecule has 0 atom stereocenters. The first-order valence-electron chi connectivity index (χ1n) is 4.07. The summed E-state index contributed by atoms with van der Waals surface area (Å²) in [5.41, 5.74) is 0.831. The van der Waals surface area contributed by atoms with Gasteiger partial charge in [-0.1, -0.05) is 20.4 Å². The zero-order valence-electron chi connectivity index (χ0n) is 7.87. The molecule has 2 nitrogen and oxygen atoms in total. The number of ether oxygens (including phenoxy) is 1. The van der Waals surface area contributed by atoms with Crippen LogP contribution in [0.15, 0.2) is 41.9 Å². The van der Waals surface area contributed by atoms with E-state index in [4.69, 9.17) is 4.74 Å². The molecule has 0 unspecified atom stereocenters. The predicted molar refractivity (Wildman–Crippen MR) is 53.0 cm³/mol. The van der Waals surface area contributed by atoms with Crippen molar-refractivity contribution < 1.29 is 4.74 Å². The van der Waals surface area contributed by atoms with Crippen LogP contribution in [0, 0.1) is 0 Å². The predicted octanol–water partition coefficient (Wildman–Crippen LogP) is 3.04. The third kappa shape index (κ3) is 2.74. The summed E-state index contributed by atoms with van der Waals surface area (Å²) < 4.78 is 5.07. The van der Waals surface area contributed by atoms with Crippen LogP contribution in [0.5, 0.6) is 0 Å². The molecule has 0 aromatic heterocycles. The van der Waals surface area contributed by atoms with Gasteiger partial charge >= 0.3 is 0 Å². The monoisotopic (exact) mass is 165 g/mol. The molecular formula is C10H15NO. The summed E-state index contributed by atoms with van der Waals surface area (Å²) in [6.07, 6.45) is 6.77. The normalized spacial score (nSPS) is 20.2. The van der Waals surface area contributed by atoms with Crippen LogP contribution in [0.2, 0.25) is 0 Å². The molecule has 0 saturated heterocycles. The lowest BCUT2D eigenvalue weighted by Crippen LogP contribution is -1.92. The van der Waals surface area contributed by atoms with Crippen molar-refractivity contribution in [3.8, 4) is 0 Å². The number of aliphatic imine (C=N–C) groups is 1. The van der Waals surface area contributed by atoms with Crippen molar-refractivity contribution in [2.24, 2.45) is 4.99 Å². The lowest BCUT2D eigenvalue weighted by atomic mass is 10.3. The summed E-state index contributed by atoms with van der Waals surface area (Å²) in [4.78, 5) is 3.98. The maximum absolute atomic E-state index is 5.07. The van der Waals surface area contributed by atoms with E-state index < -0.39 is 0 Å². The highest BCUT2D eigenvalue weighted by molar-refractivity contribution is 6.08. The van der Waals surface area contributed by atoms with Crippen LogP contribution in [-0.2, 0) is 4.74 Å². The fourth-order valence-electron chi connectivity index (χ4n) is 0.735. The molecule has 0 radical (unpaired) electrons. The first-order chi connectivity index (χ1) is 5.88. The second kappa shape index (κ2) is 6.40. The average molecular weight is 165 g/mol. The van der Waals surface area contributed by atoms with Crippen molar-refractivity contribution in [1.82, 2.24) is 0 Å². The van der Waals surface area contributed by atoms with Crippen LogP contribution in [0.25, 0.3) is 0 Å². The van der Waals surface area contributed by atoms with E-state index in [9.17, 15) is 0 Å². The molecule has 0 amide bonds. The second-order valence-electron chi connectivity index (χ2n) is 1.77. The molecule has 1 rings (SSSR count). The van der Waals surface area contributed by atoms with Crippen molar-refractivity contribution in [2.75, 3.05) is 0 Å². The van der Waals surface area contributed by atoms with Gasteiger partial charge < -0.3 is 4.74 Å². The Balaban J connectivity index is 0.000000561. The Morgan fingerprint density at radius 2 is 2.17 bits per heavy atom. The van der Waals surface area contributed by atoms with Gasteiger partial charge in [0.2, 0.25) is 0 Å². The third-order valence-corrected chi connectivity index (χ3v) is 1.17. The summed E-state index contributed by atoms with van der Waals surface area (Å²) in [5.74, 6) is 0.792. The topological polar surface area (TPSA) is 21.6 Å². The Kier molecular flexibility index (Phi) is 5.70. The standard InChI is InChI=1S/C8H9NO.C2H6/c1-3-8-7(9-4-2)5-6-10-8;1-2/h3-6H,2H2,1H3;1-2H3/b8-3+,9-7?;. The lowest BCUT2D eigenvalue weighted by Gasteiger charge is -1.94. The minimum atomic E-state index is 0.792. The van der Waals surface area contributed by atoms with E-state index in [0.29, 0.717) is 0 Å². The summed E-state index contributed by atoms with van der Waals surface area (Å²) in [6.45, 7) is 9.39. The lowest BCUT2D eigenvalue weighted by molar-refractivity contribution is 0.388. The molecule has 2 heteroatoms. The van der Waals surface area contributed by atoms with Gasteiger partial charge in [0.15, 0.2) is 0 Å². The van der Waals surface area contributed by atoms with Crippen molar-refractivity contribution in [1.29, 1.82) is 0 Å². The van der Waals surface area contributed by atoms with Crippen molar-refractivity contribution in [3.05, 3.63) is 37.0 Å². The quantitative estimate of drug-likeness (QED) is 0.585. The first kappa shape index (κ1) is 10.7. The molecule has 1 aliphatic rings. The van der Waals surface area contributed by atoms with Crippen LogP contribution in [0.1, 0.15) is 20.8 Å². The molecular weight excluding hydrogens is 150 g/mol. The van der Waals surface area contributed by atoms with E-state index in [1.54, 1.807) is 12.3 Å². The molecule has 12 heavy (non-hydrogen) atoms. The number of rotatable bonds is 1. The Labute approximate surface area is 74.0 Å². The number of hydrogen-bond acceptors (Lipinski definition) is 2. The Morgan fingerprint density at radius 1 is 1.50 bits per heavy atom. The van der Waals surface area contributed by atoms with Gasteiger partial charge in [-0.2, -0.15) is 0 Å². The van der Waals surface area contributed by atoms with Crippen LogP contribution in [-0.4, -0.2) is 5.71 Å². The van der Waals surface area contributed by atoms with Crippen molar-refractivity contribution in [3.63, 3.8) is 0 Å². The van der Waals surface area contributed by atoms with E-state index >= 15 is 0 Å². The van der Waals surface area contributed by atoms with E-state index in [0.717, 1.165) is 11.5 Å². The smallest absolute Gasteiger partial charge is 0.147 e. The molecule has 1 heterocycles. The second-order valence-corrected chi connectivity index (χ2v) is 1.77. The Bertz CT molecular complexity index is 224. The molecule has 0 aliphatic carbocycles. The summed E-state index contributed by atoms with van der Waals surface area (Å²) in [6, 6.07) is 0. The number of hydrogen-bond donors (Lipinski definition) is 0. The minimum Gasteiger partial charge on any atom is -0.463 e. The molecule has 0 aromatic carbocycles. The molecule has 0 saturated carbocycles. The van der Waals surface area contributed by atoms with Crippen LogP contribution >= 0.6 is 0 Å². The molecule has 0 fully saturated rings. The van der Waals surface area contributed by atoms with Gasteiger partial charge in [-0.25, -0.2) is 0 Å². The molecule has 1 aliphatic heterocycles. The van der Waals surface area contributed by atoms with Gasteiger partial charge in [0.1, 0.15) is 11.5 Å². The Morgan fingerprint density at radius 3 is 2.67 bits per heavy atom. The number of nitrogens with zero attached hydrogens (tertiary/aromatic N) is 1. The first-order valence-corrected chi connectivity index (χ1v) is 4.07. The summed E-state index contributed by atoms with van der Waals surface area (Å²) in [5, 5.41) is 0.